The Morgan fingerprint density at radius 2 is 1.93 bits per heavy atom. The molecule has 0 amide bonds. The number of rotatable bonds is 4. The van der Waals surface area contributed by atoms with Gasteiger partial charge in [0.1, 0.15) is 5.92 Å². The van der Waals surface area contributed by atoms with Crippen LogP contribution in [0.4, 0.5) is 0 Å². The molecule has 1 unspecified atom stereocenters. The highest BCUT2D eigenvalue weighted by atomic mass is 16.5. The zero-order valence-corrected chi connectivity index (χ0v) is 8.34. The Hall–Kier alpha value is -1.68. The van der Waals surface area contributed by atoms with Gasteiger partial charge in [-0.05, 0) is 0 Å². The van der Waals surface area contributed by atoms with E-state index in [0.717, 1.165) is 0 Å². The van der Waals surface area contributed by atoms with Crippen molar-refractivity contribution in [2.75, 3.05) is 13.7 Å². The number of ether oxygens (including phenoxy) is 1. The number of ketones is 1. The van der Waals surface area contributed by atoms with Crippen LogP contribution in [0.3, 0.4) is 0 Å². The summed E-state index contributed by atoms with van der Waals surface area (Å²) in [6.45, 7) is -0.541. The predicted octanol–water partition coefficient (Wildman–Crippen LogP) is 0.651. The maximum Gasteiger partial charge on any atom is 0.318 e. The third kappa shape index (κ3) is 2.63. The highest BCUT2D eigenvalue weighted by Crippen LogP contribution is 2.09. The monoisotopic (exact) mass is 208 g/mol. The normalized spacial score (nSPS) is 11.9. The molecule has 4 heteroatoms. The molecular weight excluding hydrogens is 196 g/mol. The van der Waals surface area contributed by atoms with Crippen LogP contribution in [0.1, 0.15) is 10.4 Å². The Balaban J connectivity index is 2.87. The molecule has 0 fully saturated rings. The molecule has 0 heterocycles. The Morgan fingerprint density at radius 1 is 1.33 bits per heavy atom. The highest BCUT2D eigenvalue weighted by molar-refractivity contribution is 6.08. The summed E-state index contributed by atoms with van der Waals surface area (Å²) in [6.07, 6.45) is 0. The standard InChI is InChI=1S/C11H12O4/c1-15-11(14)9(7-12)10(13)8-5-3-2-4-6-8/h2-6,9,12H,7H2,1H3. The third-order valence-electron chi connectivity index (χ3n) is 2.04. The molecule has 0 spiro atoms. The molecule has 1 N–H and O–H groups in total. The fraction of sp³-hybridized carbons (Fsp3) is 0.273. The predicted molar refractivity (Wildman–Crippen MR) is 53.4 cm³/mol. The zero-order valence-electron chi connectivity index (χ0n) is 8.34. The van der Waals surface area contributed by atoms with Gasteiger partial charge in [0.2, 0.25) is 0 Å². The van der Waals surface area contributed by atoms with Crippen molar-refractivity contribution in [3.05, 3.63) is 35.9 Å². The van der Waals surface area contributed by atoms with Crippen molar-refractivity contribution < 1.29 is 19.4 Å². The van der Waals surface area contributed by atoms with Gasteiger partial charge in [0.15, 0.2) is 5.78 Å². The largest absolute Gasteiger partial charge is 0.468 e. The minimum Gasteiger partial charge on any atom is -0.468 e. The average Bonchev–Trinajstić information content (AvgIpc) is 2.30. The summed E-state index contributed by atoms with van der Waals surface area (Å²) in [7, 11) is 1.18. The zero-order chi connectivity index (χ0) is 11.3. The van der Waals surface area contributed by atoms with Gasteiger partial charge in [-0.1, -0.05) is 30.3 Å². The van der Waals surface area contributed by atoms with Crippen LogP contribution in [0.25, 0.3) is 0 Å². The van der Waals surface area contributed by atoms with Crippen molar-refractivity contribution in [2.24, 2.45) is 5.92 Å². The topological polar surface area (TPSA) is 63.6 Å². The number of methoxy groups -OCH3 is 1. The summed E-state index contributed by atoms with van der Waals surface area (Å²) in [4.78, 5) is 22.9. The van der Waals surface area contributed by atoms with Crippen molar-refractivity contribution in [1.82, 2.24) is 0 Å². The Bertz CT molecular complexity index is 345. The maximum absolute atomic E-state index is 11.7. The van der Waals surface area contributed by atoms with E-state index in [0.29, 0.717) is 5.56 Å². The molecule has 4 nitrogen and oxygen atoms in total. The molecule has 1 aromatic rings. The molecule has 1 atom stereocenters. The molecule has 15 heavy (non-hydrogen) atoms. The first-order valence-corrected chi connectivity index (χ1v) is 4.48. The van der Waals surface area contributed by atoms with Crippen LogP contribution in [0, 0.1) is 5.92 Å². The van der Waals surface area contributed by atoms with Gasteiger partial charge in [-0.3, -0.25) is 9.59 Å². The van der Waals surface area contributed by atoms with Crippen LogP contribution in [0.5, 0.6) is 0 Å². The van der Waals surface area contributed by atoms with E-state index in [9.17, 15) is 9.59 Å². The van der Waals surface area contributed by atoms with Crippen LogP contribution in [-0.4, -0.2) is 30.6 Å². The summed E-state index contributed by atoms with van der Waals surface area (Å²) in [5, 5.41) is 8.94. The molecule has 0 aliphatic rings. The summed E-state index contributed by atoms with van der Waals surface area (Å²) >= 11 is 0. The molecule has 0 saturated carbocycles. The molecule has 1 aromatic carbocycles. The molecule has 0 bridgehead atoms. The van der Waals surface area contributed by atoms with Crippen LogP contribution in [-0.2, 0) is 9.53 Å². The molecule has 1 rings (SSSR count). The molecule has 80 valence electrons. The summed E-state index contributed by atoms with van der Waals surface area (Å²) in [6, 6.07) is 8.34. The first-order chi connectivity index (χ1) is 7.20. The second-order valence-electron chi connectivity index (χ2n) is 2.99. The number of Topliss-reactive ketones (excluding diaryl/α,β-unsaturated/α-hetero) is 1. The van der Waals surface area contributed by atoms with Gasteiger partial charge in [-0.2, -0.15) is 0 Å². The molecule has 0 aliphatic carbocycles. The van der Waals surface area contributed by atoms with Gasteiger partial charge in [0.25, 0.3) is 0 Å². The number of hydrogen-bond acceptors (Lipinski definition) is 4. The van der Waals surface area contributed by atoms with Crippen molar-refractivity contribution >= 4 is 11.8 Å². The molecule has 0 radical (unpaired) electrons. The maximum atomic E-state index is 11.7. The number of esters is 1. The first-order valence-electron chi connectivity index (χ1n) is 4.48. The molecular formula is C11H12O4. The van der Waals surface area contributed by atoms with Gasteiger partial charge < -0.3 is 9.84 Å². The third-order valence-corrected chi connectivity index (χ3v) is 2.04. The van der Waals surface area contributed by atoms with Crippen LogP contribution >= 0.6 is 0 Å². The SMILES string of the molecule is COC(=O)C(CO)C(=O)c1ccccc1. The minimum absolute atomic E-state index is 0.391. The number of carbonyl (C=O) groups is 2. The second-order valence-corrected chi connectivity index (χ2v) is 2.99. The fourth-order valence-electron chi connectivity index (χ4n) is 1.21. The summed E-state index contributed by atoms with van der Waals surface area (Å²) < 4.78 is 4.43. The number of carbonyl (C=O) groups excluding carboxylic acids is 2. The van der Waals surface area contributed by atoms with Gasteiger partial charge in [0.05, 0.1) is 13.7 Å². The molecule has 0 saturated heterocycles. The van der Waals surface area contributed by atoms with E-state index in [1.807, 2.05) is 0 Å². The lowest BCUT2D eigenvalue weighted by molar-refractivity contribution is -0.144. The second kappa shape index (κ2) is 5.26. The summed E-state index contributed by atoms with van der Waals surface area (Å²) in [5.41, 5.74) is 0.391. The van der Waals surface area contributed by atoms with Crippen molar-refractivity contribution in [3.8, 4) is 0 Å². The van der Waals surface area contributed by atoms with Crippen molar-refractivity contribution in [1.29, 1.82) is 0 Å². The van der Waals surface area contributed by atoms with Crippen molar-refractivity contribution in [3.63, 3.8) is 0 Å². The molecule has 0 aliphatic heterocycles. The number of aliphatic hydroxyl groups excluding tert-OH is 1. The van der Waals surface area contributed by atoms with Gasteiger partial charge in [-0.25, -0.2) is 0 Å². The quantitative estimate of drug-likeness (QED) is 0.448. The summed E-state index contributed by atoms with van der Waals surface area (Å²) in [5.74, 6) is -2.27. The molecule has 0 aromatic heterocycles. The van der Waals surface area contributed by atoms with Gasteiger partial charge in [-0.15, -0.1) is 0 Å². The fourth-order valence-corrected chi connectivity index (χ4v) is 1.21. The minimum atomic E-state index is -1.13. The first kappa shape index (κ1) is 11.4. The Kier molecular flexibility index (Phi) is 4.00. The van der Waals surface area contributed by atoms with E-state index in [-0.39, 0.29) is 0 Å². The lowest BCUT2D eigenvalue weighted by Gasteiger charge is -2.10. The smallest absolute Gasteiger partial charge is 0.318 e. The van der Waals surface area contributed by atoms with E-state index in [1.54, 1.807) is 30.3 Å². The van der Waals surface area contributed by atoms with Crippen LogP contribution in [0.15, 0.2) is 30.3 Å². The van der Waals surface area contributed by atoms with Gasteiger partial charge >= 0.3 is 5.97 Å². The lowest BCUT2D eigenvalue weighted by Crippen LogP contribution is -2.28. The van der Waals surface area contributed by atoms with Crippen molar-refractivity contribution in [2.45, 2.75) is 0 Å². The van der Waals surface area contributed by atoms with Crippen LogP contribution < -0.4 is 0 Å². The van der Waals surface area contributed by atoms with Crippen LogP contribution in [0.2, 0.25) is 0 Å². The number of hydrogen-bond donors (Lipinski definition) is 1. The lowest BCUT2D eigenvalue weighted by atomic mass is 9.98. The Labute approximate surface area is 87.5 Å². The Morgan fingerprint density at radius 3 is 2.40 bits per heavy atom. The van der Waals surface area contributed by atoms with E-state index in [4.69, 9.17) is 5.11 Å². The highest BCUT2D eigenvalue weighted by Gasteiger charge is 2.27. The van der Waals surface area contributed by atoms with E-state index >= 15 is 0 Å². The van der Waals surface area contributed by atoms with Gasteiger partial charge in [0, 0.05) is 5.56 Å². The number of benzene rings is 1. The van der Waals surface area contributed by atoms with E-state index < -0.39 is 24.3 Å². The number of aliphatic hydroxyl groups is 1. The van der Waals surface area contributed by atoms with E-state index in [1.165, 1.54) is 7.11 Å². The average molecular weight is 208 g/mol. The van der Waals surface area contributed by atoms with E-state index in [2.05, 4.69) is 4.74 Å².